The maximum Gasteiger partial charge on any atom is 0.337 e. The van der Waals surface area contributed by atoms with Gasteiger partial charge in [0.2, 0.25) is 5.95 Å². The summed E-state index contributed by atoms with van der Waals surface area (Å²) in [6.07, 6.45) is 1.69. The van der Waals surface area contributed by atoms with Crippen LogP contribution < -0.4 is 10.2 Å². The fraction of sp³-hybridized carbons (Fsp3) is 0.105. The van der Waals surface area contributed by atoms with Crippen LogP contribution in [0.2, 0.25) is 0 Å². The zero-order valence-corrected chi connectivity index (χ0v) is 14.0. The summed E-state index contributed by atoms with van der Waals surface area (Å²) >= 11 is 0. The lowest BCUT2D eigenvalue weighted by atomic mass is 10.2. The summed E-state index contributed by atoms with van der Waals surface area (Å²) in [5.74, 6) is 0.817. The van der Waals surface area contributed by atoms with Gasteiger partial charge in [0, 0.05) is 24.6 Å². The van der Waals surface area contributed by atoms with Crippen LogP contribution in [0.15, 0.2) is 66.9 Å². The number of nitrogens with zero attached hydrogens (tertiary/aromatic N) is 3. The maximum atomic E-state index is 11.6. The third kappa shape index (κ3) is 3.92. The third-order valence-electron chi connectivity index (χ3n) is 3.67. The van der Waals surface area contributed by atoms with Gasteiger partial charge in [-0.15, -0.1) is 0 Å². The second-order valence-electron chi connectivity index (χ2n) is 5.33. The van der Waals surface area contributed by atoms with Gasteiger partial charge >= 0.3 is 5.97 Å². The van der Waals surface area contributed by atoms with E-state index in [-0.39, 0.29) is 5.97 Å². The lowest BCUT2D eigenvalue weighted by Gasteiger charge is -2.18. The summed E-state index contributed by atoms with van der Waals surface area (Å²) in [6.45, 7) is 0. The number of anilines is 4. The van der Waals surface area contributed by atoms with Crippen molar-refractivity contribution in [3.05, 3.63) is 72.4 Å². The normalized spacial score (nSPS) is 10.2. The number of methoxy groups -OCH3 is 1. The molecule has 0 radical (unpaired) electrons. The predicted octanol–water partition coefficient (Wildman–Crippen LogP) is 3.77. The summed E-state index contributed by atoms with van der Waals surface area (Å²) in [5, 5.41) is 3.11. The van der Waals surface area contributed by atoms with Gasteiger partial charge in [-0.2, -0.15) is 4.98 Å². The molecular formula is C19H18N4O2. The molecule has 0 spiro atoms. The molecule has 6 nitrogen and oxygen atoms in total. The summed E-state index contributed by atoms with van der Waals surface area (Å²) < 4.78 is 4.74. The number of ether oxygens (including phenoxy) is 1. The monoisotopic (exact) mass is 334 g/mol. The van der Waals surface area contributed by atoms with Crippen molar-refractivity contribution in [1.29, 1.82) is 0 Å². The number of para-hydroxylation sites is 1. The van der Waals surface area contributed by atoms with E-state index in [1.807, 2.05) is 54.4 Å². The summed E-state index contributed by atoms with van der Waals surface area (Å²) in [5.41, 5.74) is 2.20. The van der Waals surface area contributed by atoms with E-state index in [0.29, 0.717) is 17.2 Å². The van der Waals surface area contributed by atoms with E-state index < -0.39 is 0 Å². The van der Waals surface area contributed by atoms with Crippen LogP contribution in [-0.2, 0) is 4.74 Å². The largest absolute Gasteiger partial charge is 0.465 e. The molecule has 25 heavy (non-hydrogen) atoms. The molecule has 1 heterocycles. The molecule has 3 aromatic rings. The Balaban J connectivity index is 1.82. The average molecular weight is 334 g/mol. The average Bonchev–Trinajstić information content (AvgIpc) is 2.68. The SMILES string of the molecule is COC(=O)c1cccc(Nc2nccc(N(C)c3ccccc3)n2)c1. The zero-order valence-electron chi connectivity index (χ0n) is 14.0. The van der Waals surface area contributed by atoms with E-state index in [9.17, 15) is 4.79 Å². The fourth-order valence-corrected chi connectivity index (χ4v) is 2.35. The molecule has 0 saturated heterocycles. The molecule has 0 amide bonds. The highest BCUT2D eigenvalue weighted by Crippen LogP contribution is 2.22. The molecule has 0 atom stereocenters. The Morgan fingerprint density at radius 1 is 1.08 bits per heavy atom. The van der Waals surface area contributed by atoms with Gasteiger partial charge in [-0.3, -0.25) is 0 Å². The molecule has 1 N–H and O–H groups in total. The number of hydrogen-bond donors (Lipinski definition) is 1. The van der Waals surface area contributed by atoms with E-state index in [0.717, 1.165) is 11.5 Å². The van der Waals surface area contributed by atoms with Crippen LogP contribution in [0.1, 0.15) is 10.4 Å². The van der Waals surface area contributed by atoms with Gasteiger partial charge < -0.3 is 15.0 Å². The van der Waals surface area contributed by atoms with Crippen molar-refractivity contribution in [3.63, 3.8) is 0 Å². The van der Waals surface area contributed by atoms with Crippen molar-refractivity contribution in [2.45, 2.75) is 0 Å². The van der Waals surface area contributed by atoms with Crippen LogP contribution >= 0.6 is 0 Å². The van der Waals surface area contributed by atoms with Crippen LogP contribution in [-0.4, -0.2) is 30.1 Å². The Bertz CT molecular complexity index is 868. The topological polar surface area (TPSA) is 67.3 Å². The minimum atomic E-state index is -0.387. The minimum Gasteiger partial charge on any atom is -0.465 e. The molecule has 0 aliphatic carbocycles. The van der Waals surface area contributed by atoms with Crippen molar-refractivity contribution in [2.24, 2.45) is 0 Å². The van der Waals surface area contributed by atoms with Gasteiger partial charge in [0.15, 0.2) is 0 Å². The Hall–Kier alpha value is -3.41. The van der Waals surface area contributed by atoms with Crippen molar-refractivity contribution in [3.8, 4) is 0 Å². The summed E-state index contributed by atoms with van der Waals surface area (Å²) in [6, 6.07) is 18.8. The quantitative estimate of drug-likeness (QED) is 0.716. The first kappa shape index (κ1) is 16.4. The number of esters is 1. The van der Waals surface area contributed by atoms with E-state index in [1.165, 1.54) is 7.11 Å². The first-order valence-electron chi connectivity index (χ1n) is 7.74. The van der Waals surface area contributed by atoms with Crippen LogP contribution in [0.5, 0.6) is 0 Å². The van der Waals surface area contributed by atoms with E-state index in [4.69, 9.17) is 4.74 Å². The van der Waals surface area contributed by atoms with Crippen molar-refractivity contribution in [1.82, 2.24) is 9.97 Å². The molecule has 0 bridgehead atoms. The molecule has 0 aliphatic rings. The van der Waals surface area contributed by atoms with Crippen LogP contribution in [0.4, 0.5) is 23.1 Å². The zero-order chi connectivity index (χ0) is 17.6. The molecule has 126 valence electrons. The van der Waals surface area contributed by atoms with E-state index >= 15 is 0 Å². The maximum absolute atomic E-state index is 11.6. The van der Waals surface area contributed by atoms with Crippen molar-refractivity contribution < 1.29 is 9.53 Å². The number of carbonyl (C=O) groups excluding carboxylic acids is 1. The molecule has 0 unspecified atom stereocenters. The van der Waals surface area contributed by atoms with E-state index in [2.05, 4.69) is 15.3 Å². The van der Waals surface area contributed by atoms with Gasteiger partial charge in [0.1, 0.15) is 5.82 Å². The minimum absolute atomic E-state index is 0.387. The Labute approximate surface area is 146 Å². The number of carbonyl (C=O) groups is 1. The molecule has 2 aromatic carbocycles. The van der Waals surface area contributed by atoms with Crippen LogP contribution in [0, 0.1) is 0 Å². The smallest absolute Gasteiger partial charge is 0.337 e. The molecule has 0 fully saturated rings. The highest BCUT2D eigenvalue weighted by molar-refractivity contribution is 5.90. The highest BCUT2D eigenvalue weighted by atomic mass is 16.5. The fourth-order valence-electron chi connectivity index (χ4n) is 2.35. The van der Waals surface area contributed by atoms with Gasteiger partial charge in [-0.25, -0.2) is 9.78 Å². The number of nitrogens with one attached hydrogen (secondary N) is 1. The number of aromatic nitrogens is 2. The van der Waals surface area contributed by atoms with Gasteiger partial charge in [-0.05, 0) is 36.4 Å². The van der Waals surface area contributed by atoms with Crippen LogP contribution in [0.3, 0.4) is 0 Å². The second-order valence-corrected chi connectivity index (χ2v) is 5.33. The third-order valence-corrected chi connectivity index (χ3v) is 3.67. The van der Waals surface area contributed by atoms with Gasteiger partial charge in [-0.1, -0.05) is 24.3 Å². The first-order chi connectivity index (χ1) is 12.2. The first-order valence-corrected chi connectivity index (χ1v) is 7.74. The summed E-state index contributed by atoms with van der Waals surface area (Å²) in [7, 11) is 3.30. The molecule has 3 rings (SSSR count). The van der Waals surface area contributed by atoms with E-state index in [1.54, 1.807) is 24.4 Å². The lowest BCUT2D eigenvalue weighted by molar-refractivity contribution is 0.0601. The van der Waals surface area contributed by atoms with Crippen molar-refractivity contribution in [2.75, 3.05) is 24.4 Å². The van der Waals surface area contributed by atoms with Crippen molar-refractivity contribution >= 4 is 29.1 Å². The Morgan fingerprint density at radius 3 is 2.64 bits per heavy atom. The number of rotatable bonds is 5. The van der Waals surface area contributed by atoms with Gasteiger partial charge in [0.25, 0.3) is 0 Å². The molecule has 6 heteroatoms. The molecule has 0 saturated carbocycles. The van der Waals surface area contributed by atoms with Crippen LogP contribution in [0.25, 0.3) is 0 Å². The Morgan fingerprint density at radius 2 is 1.88 bits per heavy atom. The molecule has 0 aliphatic heterocycles. The number of hydrogen-bond acceptors (Lipinski definition) is 6. The summed E-state index contributed by atoms with van der Waals surface area (Å²) in [4.78, 5) is 22.4. The standard InChI is InChI=1S/C19H18N4O2/c1-23(16-9-4-3-5-10-16)17-11-12-20-19(22-17)21-15-8-6-7-14(13-15)18(24)25-2/h3-13H,1-2H3,(H,20,21,22). The second kappa shape index (κ2) is 7.44. The number of benzene rings is 2. The lowest BCUT2D eigenvalue weighted by Crippen LogP contribution is -2.12. The Kier molecular flexibility index (Phi) is 4.89. The van der Waals surface area contributed by atoms with Gasteiger partial charge in [0.05, 0.1) is 12.7 Å². The predicted molar refractivity (Wildman–Crippen MR) is 97.6 cm³/mol. The highest BCUT2D eigenvalue weighted by Gasteiger charge is 2.09. The molecular weight excluding hydrogens is 316 g/mol. The molecule has 1 aromatic heterocycles.